The van der Waals surface area contributed by atoms with Crippen molar-refractivity contribution in [2.75, 3.05) is 0 Å². The zero-order valence-electron chi connectivity index (χ0n) is 8.44. The molecule has 0 unspecified atom stereocenters. The molecule has 0 aliphatic carbocycles. The summed E-state index contributed by atoms with van der Waals surface area (Å²) >= 11 is 1.18. The van der Waals surface area contributed by atoms with Crippen LogP contribution < -0.4 is 4.78 Å². The van der Waals surface area contributed by atoms with Crippen molar-refractivity contribution in [3.8, 4) is 0 Å². The Morgan fingerprint density at radius 3 is 2.43 bits per heavy atom. The molecule has 1 aromatic heterocycles. The molecule has 2 N–H and O–H groups in total. The molecule has 0 atom stereocenters. The zero-order chi connectivity index (χ0) is 10.9. The molecule has 5 heteroatoms. The number of Topliss-reactive ketones (excluding diaryl/α,β-unsaturated/α-hetero) is 1. The highest BCUT2D eigenvalue weighted by Gasteiger charge is 2.29. The van der Waals surface area contributed by atoms with E-state index in [4.69, 9.17) is 10.0 Å². The molecular formula is C9H13BO3S. The predicted molar refractivity (Wildman–Crippen MR) is 57.9 cm³/mol. The Bertz CT molecular complexity index is 338. The van der Waals surface area contributed by atoms with Crippen LogP contribution in [0.15, 0.2) is 11.4 Å². The summed E-state index contributed by atoms with van der Waals surface area (Å²) in [6.45, 7) is 5.42. The third-order valence-corrected chi connectivity index (χ3v) is 2.81. The summed E-state index contributed by atoms with van der Waals surface area (Å²) in [7, 11) is -1.56. The smallest absolute Gasteiger partial charge is 0.423 e. The Morgan fingerprint density at radius 1 is 1.43 bits per heavy atom. The quantitative estimate of drug-likeness (QED) is 0.559. The lowest BCUT2D eigenvalue weighted by molar-refractivity contribution is 0.0859. The molecule has 0 aliphatic heterocycles. The lowest BCUT2D eigenvalue weighted by atomic mass is 9.79. The molecule has 0 aromatic carbocycles. The van der Waals surface area contributed by atoms with E-state index in [1.165, 1.54) is 11.3 Å². The van der Waals surface area contributed by atoms with Crippen LogP contribution in [0.3, 0.4) is 0 Å². The molecule has 0 saturated heterocycles. The van der Waals surface area contributed by atoms with Gasteiger partial charge in [-0.05, 0) is 11.4 Å². The third kappa shape index (κ3) is 2.23. The van der Waals surface area contributed by atoms with E-state index in [2.05, 4.69) is 0 Å². The number of carbonyl (C=O) groups is 1. The van der Waals surface area contributed by atoms with Gasteiger partial charge in [0, 0.05) is 15.8 Å². The van der Waals surface area contributed by atoms with Crippen molar-refractivity contribution >= 4 is 29.0 Å². The van der Waals surface area contributed by atoms with Crippen LogP contribution in [0.25, 0.3) is 0 Å². The Labute approximate surface area is 87.5 Å². The standard InChI is InChI=1S/C9H13BO3S/c1-9(2,3)7(11)6-4-5-14-8(6)10(12)13/h4-5,12-13H,1-3H3. The van der Waals surface area contributed by atoms with Gasteiger partial charge in [0.2, 0.25) is 0 Å². The van der Waals surface area contributed by atoms with Gasteiger partial charge in [-0.3, -0.25) is 4.79 Å². The van der Waals surface area contributed by atoms with Crippen LogP contribution in [-0.4, -0.2) is 22.9 Å². The van der Waals surface area contributed by atoms with Gasteiger partial charge < -0.3 is 10.0 Å². The number of hydrogen-bond donors (Lipinski definition) is 2. The second-order valence-electron chi connectivity index (χ2n) is 4.15. The fraction of sp³-hybridized carbons (Fsp3) is 0.444. The summed E-state index contributed by atoms with van der Waals surface area (Å²) in [5.41, 5.74) is -0.0810. The zero-order valence-corrected chi connectivity index (χ0v) is 9.26. The highest BCUT2D eigenvalue weighted by atomic mass is 32.1. The Hall–Kier alpha value is -0.645. The SMILES string of the molecule is CC(C)(C)C(=O)c1ccsc1B(O)O. The fourth-order valence-electron chi connectivity index (χ4n) is 1.11. The summed E-state index contributed by atoms with van der Waals surface area (Å²) < 4.78 is 0.324. The molecular weight excluding hydrogens is 199 g/mol. The first-order valence-electron chi connectivity index (χ1n) is 4.32. The second-order valence-corrected chi connectivity index (χ2v) is 5.10. The molecule has 0 amide bonds. The molecule has 14 heavy (non-hydrogen) atoms. The van der Waals surface area contributed by atoms with Crippen LogP contribution in [0.1, 0.15) is 31.1 Å². The van der Waals surface area contributed by atoms with E-state index in [-0.39, 0.29) is 5.78 Å². The van der Waals surface area contributed by atoms with Crippen molar-refractivity contribution in [1.29, 1.82) is 0 Å². The minimum absolute atomic E-state index is 0.0677. The average Bonchev–Trinajstić information content (AvgIpc) is 2.48. The van der Waals surface area contributed by atoms with Crippen LogP contribution in [0.4, 0.5) is 0 Å². The molecule has 0 bridgehead atoms. The summed E-state index contributed by atoms with van der Waals surface area (Å²) in [5.74, 6) is -0.0677. The number of carbonyl (C=O) groups excluding carboxylic acids is 1. The van der Waals surface area contributed by atoms with Crippen LogP contribution in [0, 0.1) is 5.41 Å². The molecule has 0 saturated carbocycles. The summed E-state index contributed by atoms with van der Waals surface area (Å²) in [6, 6.07) is 1.63. The number of hydrogen-bond acceptors (Lipinski definition) is 4. The maximum absolute atomic E-state index is 11.8. The van der Waals surface area contributed by atoms with E-state index in [9.17, 15) is 4.79 Å². The monoisotopic (exact) mass is 212 g/mol. The number of thiophene rings is 1. The van der Waals surface area contributed by atoms with Crippen LogP contribution >= 0.6 is 11.3 Å². The van der Waals surface area contributed by atoms with Gasteiger partial charge in [-0.25, -0.2) is 0 Å². The first-order chi connectivity index (χ1) is 6.34. The Kier molecular flexibility index (Phi) is 3.14. The number of ketones is 1. The Balaban J connectivity index is 3.08. The van der Waals surface area contributed by atoms with Gasteiger partial charge in [0.05, 0.1) is 0 Å². The normalized spacial score (nSPS) is 11.5. The maximum atomic E-state index is 11.8. The first kappa shape index (κ1) is 11.4. The molecule has 1 rings (SSSR count). The average molecular weight is 212 g/mol. The van der Waals surface area contributed by atoms with Crippen molar-refractivity contribution in [1.82, 2.24) is 0 Å². The Morgan fingerprint density at radius 2 is 2.00 bits per heavy atom. The summed E-state index contributed by atoms with van der Waals surface area (Å²) in [4.78, 5) is 11.8. The van der Waals surface area contributed by atoms with Gasteiger partial charge in [-0.2, -0.15) is 11.3 Å². The molecule has 76 valence electrons. The van der Waals surface area contributed by atoms with Gasteiger partial charge in [-0.15, -0.1) is 0 Å². The highest BCUT2D eigenvalue weighted by Crippen LogP contribution is 2.21. The van der Waals surface area contributed by atoms with Crippen LogP contribution in [0.2, 0.25) is 0 Å². The molecule has 1 aromatic rings. The largest absolute Gasteiger partial charge is 0.499 e. The molecule has 0 spiro atoms. The predicted octanol–water partition coefficient (Wildman–Crippen LogP) is 0.657. The minimum atomic E-state index is -1.56. The minimum Gasteiger partial charge on any atom is -0.423 e. The van der Waals surface area contributed by atoms with Crippen molar-refractivity contribution in [2.24, 2.45) is 5.41 Å². The fourth-order valence-corrected chi connectivity index (χ4v) is 1.87. The molecule has 3 nitrogen and oxygen atoms in total. The molecule has 0 radical (unpaired) electrons. The van der Waals surface area contributed by atoms with E-state index in [0.29, 0.717) is 10.3 Å². The third-order valence-electron chi connectivity index (χ3n) is 1.86. The van der Waals surface area contributed by atoms with Gasteiger partial charge in [-0.1, -0.05) is 20.8 Å². The maximum Gasteiger partial charge on any atom is 0.499 e. The van der Waals surface area contributed by atoms with Crippen molar-refractivity contribution in [3.63, 3.8) is 0 Å². The van der Waals surface area contributed by atoms with Crippen molar-refractivity contribution < 1.29 is 14.8 Å². The molecule has 0 fully saturated rings. The topological polar surface area (TPSA) is 57.5 Å². The van der Waals surface area contributed by atoms with Gasteiger partial charge in [0.15, 0.2) is 5.78 Å². The molecule has 1 heterocycles. The van der Waals surface area contributed by atoms with Gasteiger partial charge in [0.25, 0.3) is 0 Å². The summed E-state index contributed by atoms with van der Waals surface area (Å²) in [6.07, 6.45) is 0. The van der Waals surface area contributed by atoms with E-state index in [1.807, 2.05) is 0 Å². The molecule has 0 aliphatic rings. The lowest BCUT2D eigenvalue weighted by Gasteiger charge is -2.16. The van der Waals surface area contributed by atoms with Gasteiger partial charge >= 0.3 is 7.12 Å². The summed E-state index contributed by atoms with van der Waals surface area (Å²) in [5, 5.41) is 19.7. The van der Waals surface area contributed by atoms with Crippen molar-refractivity contribution in [3.05, 3.63) is 17.0 Å². The highest BCUT2D eigenvalue weighted by molar-refractivity contribution is 7.21. The van der Waals surface area contributed by atoms with E-state index in [1.54, 1.807) is 32.2 Å². The van der Waals surface area contributed by atoms with Crippen LogP contribution in [0.5, 0.6) is 0 Å². The lowest BCUT2D eigenvalue weighted by Crippen LogP contribution is -2.34. The first-order valence-corrected chi connectivity index (χ1v) is 5.20. The van der Waals surface area contributed by atoms with Crippen molar-refractivity contribution in [2.45, 2.75) is 20.8 Å². The van der Waals surface area contributed by atoms with E-state index in [0.717, 1.165) is 0 Å². The second kappa shape index (κ2) is 3.84. The number of rotatable bonds is 2. The van der Waals surface area contributed by atoms with Crippen LogP contribution in [-0.2, 0) is 0 Å². The van der Waals surface area contributed by atoms with E-state index < -0.39 is 12.5 Å². The van der Waals surface area contributed by atoms with Gasteiger partial charge in [0.1, 0.15) is 0 Å². The van der Waals surface area contributed by atoms with E-state index >= 15 is 0 Å².